The van der Waals surface area contributed by atoms with Crippen LogP contribution < -0.4 is 0 Å². The topological polar surface area (TPSA) is 170 Å². The minimum atomic E-state index is 0.611. The first kappa shape index (κ1) is 81.0. The van der Waals surface area contributed by atoms with Crippen molar-refractivity contribution in [2.45, 2.75) is 0 Å². The van der Waals surface area contributed by atoms with Crippen LogP contribution in [0.3, 0.4) is 0 Å². The van der Waals surface area contributed by atoms with Crippen molar-refractivity contribution in [2.24, 2.45) is 0 Å². The average molecular weight is 1770 g/mol. The summed E-state index contributed by atoms with van der Waals surface area (Å²) >= 11 is 0. The fraction of sp³-hybridized carbons (Fsp3) is 0. The van der Waals surface area contributed by atoms with Crippen molar-refractivity contribution in [1.29, 1.82) is 0 Å². The first-order chi connectivity index (χ1) is 68.4. The largest absolute Gasteiger partial charge is 0.435 e. The fourth-order valence-corrected chi connectivity index (χ4v) is 18.8. The van der Waals surface area contributed by atoms with Crippen molar-refractivity contribution in [1.82, 2.24) is 58.6 Å². The molecule has 0 fully saturated rings. The number of nitrogens with zero attached hydrogens (tertiary/aromatic N) is 12. The lowest BCUT2D eigenvalue weighted by Crippen LogP contribution is -2.01. The van der Waals surface area contributed by atoms with Crippen LogP contribution in [0.4, 0.5) is 0 Å². The van der Waals surface area contributed by atoms with Crippen molar-refractivity contribution < 1.29 is 13.3 Å². The molecule has 9 aromatic heterocycles. The quantitative estimate of drug-likeness (QED) is 0.0953. The molecule has 18 aromatic carbocycles. The minimum Gasteiger partial charge on any atom is -0.435 e. The molecule has 0 aliphatic carbocycles. The van der Waals surface area contributed by atoms with E-state index in [0.29, 0.717) is 41.0 Å². The Morgan fingerprint density at radius 3 is 0.783 bits per heavy atom. The summed E-state index contributed by atoms with van der Waals surface area (Å²) in [6.07, 6.45) is 0. The number of rotatable bonds is 15. The first-order valence-corrected chi connectivity index (χ1v) is 45.9. The van der Waals surface area contributed by atoms with Crippen molar-refractivity contribution in [3.8, 4) is 153 Å². The van der Waals surface area contributed by atoms with Crippen molar-refractivity contribution in [3.63, 3.8) is 0 Å². The lowest BCUT2D eigenvalue weighted by atomic mass is 10.00. The maximum Gasteiger partial charge on any atom is 0.227 e. The number of oxazole rings is 3. The molecule has 0 bridgehead atoms. The number of hydrogen-bond acceptors (Lipinski definition) is 12. The van der Waals surface area contributed by atoms with Gasteiger partial charge in [0.05, 0.1) is 72.0 Å². The Balaban J connectivity index is 0.000000110. The van der Waals surface area contributed by atoms with E-state index in [1.807, 2.05) is 212 Å². The fourth-order valence-electron chi connectivity index (χ4n) is 18.8. The summed E-state index contributed by atoms with van der Waals surface area (Å²) in [6, 6.07) is 162. The standard InChI is InChI=1S/C42H27N3O.C41H26N4O.C40H25N5O/c1-4-12-28(13-5-1)32-26-36(29-14-6-2-7-15-29)43-37(27-32)30-20-22-33(23-21-30)45-38-19-11-10-18-34(38)40-39(45)25-24-35-41(40)46-42(44-35)31-16-8-3-9-17-31;1-4-12-27(13-5-1)34-26-35(28-14-6-2-7-15-28)43-40(42-34)29-20-22-31(23-21-29)45-36-19-11-10-18-32(36)38-37(45)25-24-33-39(38)46-41(44-33)30-16-8-3-9-17-30;1-4-13-26(14-5-1)37-42-38(27-15-6-2-7-16-27)44-39(43-37)29-19-12-20-30(25-29)45-33-22-11-10-21-31(33)35-34(45)24-23-32-36(35)46-40(41-32)28-17-8-3-9-18-28/h1-27H;1-26H;1-25H. The highest BCUT2D eigenvalue weighted by molar-refractivity contribution is 6.22. The molecule has 0 atom stereocenters. The van der Waals surface area contributed by atoms with Crippen LogP contribution in [-0.4, -0.2) is 58.6 Å². The van der Waals surface area contributed by atoms with Gasteiger partial charge in [-0.05, 0) is 169 Å². The second-order valence-electron chi connectivity index (χ2n) is 33.9. The molecule has 648 valence electrons. The van der Waals surface area contributed by atoms with Crippen LogP contribution in [0.5, 0.6) is 0 Å². The molecule has 27 rings (SSSR count). The predicted molar refractivity (Wildman–Crippen MR) is 557 cm³/mol. The zero-order valence-corrected chi connectivity index (χ0v) is 74.1. The van der Waals surface area contributed by atoms with Gasteiger partial charge in [-0.15, -0.1) is 0 Å². The molecular weight excluding hydrogens is 1690 g/mol. The van der Waals surface area contributed by atoms with E-state index in [1.165, 1.54) is 5.56 Å². The van der Waals surface area contributed by atoms with E-state index in [-0.39, 0.29) is 0 Å². The van der Waals surface area contributed by atoms with Gasteiger partial charge in [-0.3, -0.25) is 0 Å². The second-order valence-corrected chi connectivity index (χ2v) is 33.9. The van der Waals surface area contributed by atoms with Gasteiger partial charge in [0.1, 0.15) is 16.6 Å². The van der Waals surface area contributed by atoms with E-state index in [1.54, 1.807) is 0 Å². The van der Waals surface area contributed by atoms with Crippen LogP contribution in [-0.2, 0) is 0 Å². The number of para-hydroxylation sites is 3. The number of benzene rings is 18. The zero-order chi connectivity index (χ0) is 91.4. The maximum absolute atomic E-state index is 6.48. The Hall–Kier alpha value is -19.0. The summed E-state index contributed by atoms with van der Waals surface area (Å²) < 4.78 is 26.3. The van der Waals surface area contributed by atoms with Gasteiger partial charge in [0.15, 0.2) is 40.0 Å². The van der Waals surface area contributed by atoms with Gasteiger partial charge in [0.2, 0.25) is 17.7 Å². The Bertz CT molecular complexity index is 8680. The van der Waals surface area contributed by atoms with Crippen molar-refractivity contribution in [2.75, 3.05) is 0 Å². The molecule has 0 aliphatic rings. The van der Waals surface area contributed by atoms with Crippen LogP contribution >= 0.6 is 0 Å². The Morgan fingerprint density at radius 2 is 0.420 bits per heavy atom. The molecule has 0 saturated carbocycles. The molecule has 15 heteroatoms. The molecule has 0 aliphatic heterocycles. The number of pyridine rings is 1. The zero-order valence-electron chi connectivity index (χ0n) is 74.1. The van der Waals surface area contributed by atoms with E-state index in [9.17, 15) is 0 Å². The van der Waals surface area contributed by atoms with Crippen LogP contribution in [0.25, 0.3) is 252 Å². The monoisotopic (exact) mass is 1770 g/mol. The Kier molecular flexibility index (Phi) is 20.5. The molecule has 9 heterocycles. The summed E-state index contributed by atoms with van der Waals surface area (Å²) in [5, 5.41) is 6.50. The van der Waals surface area contributed by atoms with E-state index in [4.69, 9.17) is 58.1 Å². The van der Waals surface area contributed by atoms with E-state index < -0.39 is 0 Å². The highest BCUT2D eigenvalue weighted by Gasteiger charge is 2.26. The van der Waals surface area contributed by atoms with E-state index in [2.05, 4.69) is 275 Å². The van der Waals surface area contributed by atoms with Crippen molar-refractivity contribution >= 4 is 98.7 Å². The molecule has 15 nitrogen and oxygen atoms in total. The van der Waals surface area contributed by atoms with Gasteiger partial charge in [0.25, 0.3) is 0 Å². The number of fused-ring (bicyclic) bond motifs is 15. The first-order valence-electron chi connectivity index (χ1n) is 45.9. The summed E-state index contributed by atoms with van der Waals surface area (Å²) in [6.45, 7) is 0. The molecule has 0 spiro atoms. The third kappa shape index (κ3) is 15.1. The highest BCUT2D eigenvalue weighted by atomic mass is 16.4. The van der Waals surface area contributed by atoms with Gasteiger partial charge in [-0.1, -0.05) is 315 Å². The lowest BCUT2D eigenvalue weighted by molar-refractivity contribution is 0.622. The summed E-state index contributed by atoms with van der Waals surface area (Å²) in [5.74, 6) is 4.43. The number of hydrogen-bond donors (Lipinski definition) is 0. The molecule has 0 saturated heterocycles. The molecule has 138 heavy (non-hydrogen) atoms. The van der Waals surface area contributed by atoms with Gasteiger partial charge >= 0.3 is 0 Å². The lowest BCUT2D eigenvalue weighted by Gasteiger charge is -2.12. The van der Waals surface area contributed by atoms with Crippen molar-refractivity contribution in [3.05, 3.63) is 473 Å². The predicted octanol–water partition coefficient (Wildman–Crippen LogP) is 31.1. The second kappa shape index (κ2) is 35.0. The Labute approximate surface area is 791 Å². The third-order valence-corrected chi connectivity index (χ3v) is 25.4. The Morgan fingerprint density at radius 1 is 0.152 bits per heavy atom. The van der Waals surface area contributed by atoms with E-state index >= 15 is 0 Å². The third-order valence-electron chi connectivity index (χ3n) is 25.4. The van der Waals surface area contributed by atoms with Gasteiger partial charge < -0.3 is 27.0 Å². The van der Waals surface area contributed by atoms with Gasteiger partial charge in [-0.25, -0.2) is 44.9 Å². The van der Waals surface area contributed by atoms with Crippen LogP contribution in [0.2, 0.25) is 0 Å². The van der Waals surface area contributed by atoms with Crippen LogP contribution in [0.1, 0.15) is 0 Å². The summed E-state index contributed by atoms with van der Waals surface area (Å²) in [7, 11) is 0. The van der Waals surface area contributed by atoms with Gasteiger partial charge in [0, 0.05) is 94.4 Å². The smallest absolute Gasteiger partial charge is 0.227 e. The van der Waals surface area contributed by atoms with E-state index in [0.717, 1.165) is 205 Å². The van der Waals surface area contributed by atoms with Gasteiger partial charge in [-0.2, -0.15) is 0 Å². The minimum absolute atomic E-state index is 0.611. The maximum atomic E-state index is 6.48. The SMILES string of the molecule is c1ccc(-c2cc(-c3ccccc3)nc(-c3ccc(-n4c5ccccc5c5c6oc(-c7ccccc7)nc6ccc54)cc3)c2)cc1.c1ccc(-c2cc(-c3ccccc3)nc(-c3ccc(-n4c5ccccc5c5c6oc(-c7ccccc7)nc6ccc54)cc3)n2)cc1.c1ccc(-c2nc(-c3ccccc3)nc(-c3cccc(-n4c5ccccc5c5c6oc(-c7ccccc7)nc6ccc54)c3)n2)cc1. The normalized spacial score (nSPS) is 11.5. The molecule has 27 aromatic rings. The molecule has 0 N–H and O–H groups in total. The molecule has 0 radical (unpaired) electrons. The highest BCUT2D eigenvalue weighted by Crippen LogP contribution is 2.45. The molecule has 0 unspecified atom stereocenters. The van der Waals surface area contributed by atoms with Crippen LogP contribution in [0.15, 0.2) is 486 Å². The molecule has 0 amide bonds. The number of aromatic nitrogens is 12. The summed E-state index contributed by atoms with van der Waals surface area (Å²) in [5.41, 5.74) is 31.3. The average Bonchev–Trinajstić information content (AvgIpc) is 1.58. The summed E-state index contributed by atoms with van der Waals surface area (Å²) in [4.78, 5) is 44.5. The molecular formula is C123H78N12O3. The van der Waals surface area contributed by atoms with Crippen LogP contribution in [0, 0.1) is 0 Å².